The topological polar surface area (TPSA) is 99.9 Å². The van der Waals surface area contributed by atoms with Gasteiger partial charge < -0.3 is 4.57 Å². The fourth-order valence-electron chi connectivity index (χ4n) is 4.35. The molecule has 2 aliphatic heterocycles. The van der Waals surface area contributed by atoms with Gasteiger partial charge in [0.1, 0.15) is 17.7 Å². The Morgan fingerprint density at radius 2 is 2.21 bits per heavy atom. The van der Waals surface area contributed by atoms with Crippen molar-refractivity contribution < 1.29 is 0 Å². The summed E-state index contributed by atoms with van der Waals surface area (Å²) in [6.45, 7) is 1.84. The smallest absolute Gasteiger partial charge is 0.208 e. The highest BCUT2D eigenvalue weighted by Crippen LogP contribution is 2.45. The highest BCUT2D eigenvalue weighted by atomic mass is 15.6. The molecule has 1 saturated carbocycles. The minimum absolute atomic E-state index is 0.0935. The molecular weight excluding hydrogens is 306 g/mol. The number of anilines is 1. The average molecular weight is 323 g/mol. The van der Waals surface area contributed by atoms with Gasteiger partial charge in [-0.15, -0.1) is 9.78 Å². The molecule has 1 fully saturated rings. The maximum atomic E-state index is 9.33. The molecule has 5 rings (SSSR count). The van der Waals surface area contributed by atoms with Crippen molar-refractivity contribution in [1.29, 1.82) is 5.26 Å². The van der Waals surface area contributed by atoms with Crippen LogP contribution in [0.4, 0.5) is 5.82 Å². The predicted molar refractivity (Wildman–Crippen MR) is 84.9 cm³/mol. The fourth-order valence-corrected chi connectivity index (χ4v) is 4.35. The van der Waals surface area contributed by atoms with Gasteiger partial charge in [0.25, 0.3) is 0 Å². The summed E-state index contributed by atoms with van der Waals surface area (Å²) in [4.78, 5) is 6.52. The molecule has 3 aliphatic rings. The number of hydrogen-bond acceptors (Lipinski definition) is 7. The largest absolute Gasteiger partial charge is 0.314 e. The third-order valence-electron chi connectivity index (χ3n) is 5.39. The van der Waals surface area contributed by atoms with Crippen LogP contribution in [0.1, 0.15) is 43.1 Å². The van der Waals surface area contributed by atoms with Crippen molar-refractivity contribution >= 4 is 11.7 Å². The second-order valence-corrected chi connectivity index (χ2v) is 6.59. The van der Waals surface area contributed by atoms with Gasteiger partial charge in [0, 0.05) is 12.0 Å². The molecule has 0 saturated heterocycles. The molecule has 0 aromatic carbocycles. The van der Waals surface area contributed by atoms with Gasteiger partial charge in [-0.25, -0.2) is 4.98 Å². The Morgan fingerprint density at radius 1 is 1.33 bits per heavy atom. The van der Waals surface area contributed by atoms with E-state index in [1.807, 2.05) is 25.6 Å². The number of hydrazone groups is 1. The van der Waals surface area contributed by atoms with Gasteiger partial charge in [-0.2, -0.15) is 10.4 Å². The molecule has 9 heteroatoms. The standard InChI is InChI=1S/C15H17N9/c1-9-13(23(7-16)21-18-9)15-20-19-14-10-4-2-3-5-11(10)22-8-17-6-12(22)24(14)15/h6,8,10-11,14,19H,2-5H2,1H3. The van der Waals surface area contributed by atoms with Crippen molar-refractivity contribution in [2.24, 2.45) is 11.0 Å². The summed E-state index contributed by atoms with van der Waals surface area (Å²) in [6.07, 6.45) is 10.8. The molecule has 4 heterocycles. The Kier molecular flexibility index (Phi) is 2.71. The van der Waals surface area contributed by atoms with Crippen molar-refractivity contribution in [1.82, 2.24) is 30.0 Å². The van der Waals surface area contributed by atoms with E-state index < -0.39 is 0 Å². The summed E-state index contributed by atoms with van der Waals surface area (Å²) in [5.41, 5.74) is 4.62. The Bertz CT molecular complexity index is 870. The van der Waals surface area contributed by atoms with Crippen LogP contribution < -0.4 is 10.3 Å². The molecular formula is C15H17N9. The predicted octanol–water partition coefficient (Wildman–Crippen LogP) is 0.955. The maximum absolute atomic E-state index is 9.33. The van der Waals surface area contributed by atoms with Crippen LogP contribution in [-0.4, -0.2) is 36.5 Å². The molecule has 1 aliphatic carbocycles. The van der Waals surface area contributed by atoms with Crippen LogP contribution in [0.15, 0.2) is 17.6 Å². The zero-order valence-corrected chi connectivity index (χ0v) is 13.3. The van der Waals surface area contributed by atoms with Gasteiger partial charge in [0.15, 0.2) is 5.84 Å². The van der Waals surface area contributed by atoms with Crippen LogP contribution in [-0.2, 0) is 0 Å². The quantitative estimate of drug-likeness (QED) is 0.839. The van der Waals surface area contributed by atoms with Gasteiger partial charge in [-0.05, 0) is 19.8 Å². The third-order valence-corrected chi connectivity index (χ3v) is 5.39. The summed E-state index contributed by atoms with van der Waals surface area (Å²) >= 11 is 0. The van der Waals surface area contributed by atoms with Crippen LogP contribution in [0, 0.1) is 24.3 Å². The first-order valence-electron chi connectivity index (χ1n) is 8.26. The van der Waals surface area contributed by atoms with E-state index in [1.54, 1.807) is 0 Å². The number of aromatic nitrogens is 5. The Balaban J connectivity index is 1.65. The number of rotatable bonds is 1. The lowest BCUT2D eigenvalue weighted by molar-refractivity contribution is 0.176. The van der Waals surface area contributed by atoms with E-state index in [0.29, 0.717) is 29.2 Å². The average Bonchev–Trinajstić information content (AvgIpc) is 3.31. The lowest BCUT2D eigenvalue weighted by atomic mass is 9.80. The number of nitrogens with zero attached hydrogens (tertiary/aromatic N) is 8. The second-order valence-electron chi connectivity index (χ2n) is 6.59. The van der Waals surface area contributed by atoms with E-state index in [0.717, 1.165) is 12.2 Å². The first-order valence-corrected chi connectivity index (χ1v) is 8.26. The fraction of sp³-hybridized carbons (Fsp3) is 0.533. The number of nitriles is 1. The molecule has 0 radical (unpaired) electrons. The van der Waals surface area contributed by atoms with E-state index in [2.05, 4.69) is 35.3 Å². The molecule has 1 N–H and O–H groups in total. The van der Waals surface area contributed by atoms with Gasteiger partial charge in [0.2, 0.25) is 6.19 Å². The Morgan fingerprint density at radius 3 is 3.08 bits per heavy atom. The molecule has 2 aromatic heterocycles. The minimum Gasteiger partial charge on any atom is -0.314 e. The Labute approximate surface area is 138 Å². The van der Waals surface area contributed by atoms with Gasteiger partial charge in [-0.1, -0.05) is 18.1 Å². The molecule has 2 aromatic rings. The van der Waals surface area contributed by atoms with Crippen molar-refractivity contribution in [2.75, 3.05) is 4.90 Å². The molecule has 3 unspecified atom stereocenters. The van der Waals surface area contributed by atoms with Crippen LogP contribution in [0.2, 0.25) is 0 Å². The molecule has 0 bridgehead atoms. The van der Waals surface area contributed by atoms with Gasteiger partial charge in [0.05, 0.1) is 18.2 Å². The van der Waals surface area contributed by atoms with Crippen LogP contribution in [0.5, 0.6) is 0 Å². The van der Waals surface area contributed by atoms with Crippen molar-refractivity contribution in [2.45, 2.75) is 44.8 Å². The monoisotopic (exact) mass is 323 g/mol. The van der Waals surface area contributed by atoms with E-state index in [1.165, 1.54) is 23.9 Å². The SMILES string of the molecule is Cc1nnn(C#N)c1C1=NNC2C3CCCCC3n3cncc3N12. The first-order chi connectivity index (χ1) is 11.8. The number of nitrogens with one attached hydrogen (secondary N) is 1. The number of imidazole rings is 1. The summed E-state index contributed by atoms with van der Waals surface area (Å²) in [5, 5.41) is 21.8. The number of aryl methyl sites for hydroxylation is 1. The molecule has 0 spiro atoms. The molecule has 3 atom stereocenters. The number of fused-ring (bicyclic) bond motifs is 6. The van der Waals surface area contributed by atoms with Crippen LogP contribution >= 0.6 is 0 Å². The zero-order chi connectivity index (χ0) is 16.3. The van der Waals surface area contributed by atoms with Crippen molar-refractivity contribution in [3.8, 4) is 6.19 Å². The highest BCUT2D eigenvalue weighted by molar-refractivity contribution is 6.10. The van der Waals surface area contributed by atoms with Crippen LogP contribution in [0.25, 0.3) is 0 Å². The first kappa shape index (κ1) is 13.5. The summed E-state index contributed by atoms with van der Waals surface area (Å²) < 4.78 is 3.49. The number of amidine groups is 1. The van der Waals surface area contributed by atoms with Gasteiger partial charge in [-0.3, -0.25) is 10.3 Å². The van der Waals surface area contributed by atoms with Crippen molar-refractivity contribution in [3.05, 3.63) is 23.9 Å². The van der Waals surface area contributed by atoms with E-state index >= 15 is 0 Å². The molecule has 24 heavy (non-hydrogen) atoms. The van der Waals surface area contributed by atoms with Crippen LogP contribution in [0.3, 0.4) is 0 Å². The zero-order valence-electron chi connectivity index (χ0n) is 13.3. The minimum atomic E-state index is 0.0935. The van der Waals surface area contributed by atoms with E-state index in [-0.39, 0.29) is 6.17 Å². The van der Waals surface area contributed by atoms with E-state index in [4.69, 9.17) is 0 Å². The third kappa shape index (κ3) is 1.62. The van der Waals surface area contributed by atoms with E-state index in [9.17, 15) is 5.26 Å². The number of hydrogen-bond donors (Lipinski definition) is 1. The summed E-state index contributed by atoms with van der Waals surface area (Å²) in [5.74, 6) is 2.17. The maximum Gasteiger partial charge on any atom is 0.208 e. The normalized spacial score (nSPS) is 27.6. The lowest BCUT2D eigenvalue weighted by Gasteiger charge is -2.45. The molecule has 0 amide bonds. The second kappa shape index (κ2) is 4.80. The molecule has 9 nitrogen and oxygen atoms in total. The summed E-state index contributed by atoms with van der Waals surface area (Å²) in [7, 11) is 0. The summed E-state index contributed by atoms with van der Waals surface area (Å²) in [6, 6.07) is 0.458. The van der Waals surface area contributed by atoms with Gasteiger partial charge >= 0.3 is 0 Å². The lowest BCUT2D eigenvalue weighted by Crippen LogP contribution is -2.54. The Hall–Kier alpha value is -2.89. The highest BCUT2D eigenvalue weighted by Gasteiger charge is 2.47. The van der Waals surface area contributed by atoms with Crippen molar-refractivity contribution in [3.63, 3.8) is 0 Å². The molecule has 122 valence electrons.